The molecule has 0 spiro atoms. The summed E-state index contributed by atoms with van der Waals surface area (Å²) in [5, 5.41) is 1.25. The zero-order valence-electron chi connectivity index (χ0n) is 10.00. The first-order valence-corrected chi connectivity index (χ1v) is 6.46. The van der Waals surface area contributed by atoms with E-state index in [1.807, 2.05) is 0 Å². The zero-order valence-corrected chi connectivity index (χ0v) is 10.00. The number of hydrogen-bond acceptors (Lipinski definition) is 0. The normalized spacial score (nSPS) is 52.1. The summed E-state index contributed by atoms with van der Waals surface area (Å²) < 4.78 is 0. The van der Waals surface area contributed by atoms with E-state index in [0.717, 1.165) is 11.8 Å². The quantitative estimate of drug-likeness (QED) is 0.522. The van der Waals surface area contributed by atoms with Gasteiger partial charge in [-0.2, -0.15) is 0 Å². The molecule has 3 rings (SSSR count). The molecule has 0 saturated carbocycles. The fourth-order valence-corrected chi connectivity index (χ4v) is 4.43. The van der Waals surface area contributed by atoms with Crippen LogP contribution in [0, 0.1) is 11.8 Å². The maximum absolute atomic E-state index is 2.53. The van der Waals surface area contributed by atoms with Gasteiger partial charge in [0.05, 0.1) is 0 Å². The van der Waals surface area contributed by atoms with Gasteiger partial charge in [0.25, 0.3) is 0 Å². The van der Waals surface area contributed by atoms with Crippen LogP contribution in [0.25, 0.3) is 0 Å². The Labute approximate surface area is 94.1 Å². The molecule has 4 atom stereocenters. The third-order valence-corrected chi connectivity index (χ3v) is 5.27. The highest BCUT2D eigenvalue weighted by Crippen LogP contribution is 2.63. The Morgan fingerprint density at radius 3 is 2.73 bits per heavy atom. The van der Waals surface area contributed by atoms with Crippen molar-refractivity contribution < 1.29 is 0 Å². The summed E-state index contributed by atoms with van der Waals surface area (Å²) in [5.74, 6) is 1.66. The minimum atomic E-state index is 0.594. The van der Waals surface area contributed by atoms with Gasteiger partial charge in [0.2, 0.25) is 0 Å². The van der Waals surface area contributed by atoms with Crippen molar-refractivity contribution in [2.75, 3.05) is 0 Å². The van der Waals surface area contributed by atoms with Crippen molar-refractivity contribution in [3.8, 4) is 0 Å². The molecule has 0 nitrogen and oxygen atoms in total. The first kappa shape index (κ1) is 9.75. The van der Waals surface area contributed by atoms with Gasteiger partial charge < -0.3 is 0 Å². The molecule has 2 aliphatic heterocycles. The molecule has 3 aliphatic rings. The predicted octanol–water partition coefficient (Wildman–Crippen LogP) is 3.73. The minimum Gasteiger partial charge on any atom is -0.0810 e. The van der Waals surface area contributed by atoms with E-state index >= 15 is 0 Å². The van der Waals surface area contributed by atoms with Gasteiger partial charge in [0, 0.05) is 0 Å². The van der Waals surface area contributed by atoms with Crippen molar-refractivity contribution in [1.29, 1.82) is 0 Å². The molecule has 0 amide bonds. The van der Waals surface area contributed by atoms with Crippen LogP contribution in [0.2, 0.25) is 10.6 Å². The van der Waals surface area contributed by atoms with Gasteiger partial charge in [-0.15, -0.1) is 0 Å². The molecular formula is C14H21B. The van der Waals surface area contributed by atoms with Crippen LogP contribution < -0.4 is 0 Å². The standard InChI is InChI=1S/C14H21B/c1-13-8-7-11-5-3-4-6-12(11)14(2,15-13)10-9-13/h3-6,11-12,15H,7-10H2,1-2H3. The molecule has 0 aromatic heterocycles. The van der Waals surface area contributed by atoms with Crippen LogP contribution in [-0.4, -0.2) is 7.28 Å². The monoisotopic (exact) mass is 200 g/mol. The average molecular weight is 200 g/mol. The highest BCUT2D eigenvalue weighted by Gasteiger charge is 2.51. The smallest absolute Gasteiger partial charge is 0.0810 e. The van der Waals surface area contributed by atoms with E-state index in [1.165, 1.54) is 33.0 Å². The van der Waals surface area contributed by atoms with Gasteiger partial charge in [0.15, 0.2) is 0 Å². The van der Waals surface area contributed by atoms with Crippen LogP contribution in [0.4, 0.5) is 0 Å². The van der Waals surface area contributed by atoms with Gasteiger partial charge in [-0.1, -0.05) is 62.7 Å². The first-order valence-electron chi connectivity index (χ1n) is 6.46. The van der Waals surface area contributed by atoms with Crippen molar-refractivity contribution in [3.63, 3.8) is 0 Å². The molecule has 0 N–H and O–H groups in total. The molecule has 0 aromatic rings. The maximum Gasteiger partial charge on any atom is 0.135 e. The average Bonchev–Trinajstić information content (AvgIpc) is 2.48. The molecule has 1 aliphatic carbocycles. The van der Waals surface area contributed by atoms with E-state index in [9.17, 15) is 0 Å². The maximum atomic E-state index is 2.53. The number of rotatable bonds is 0. The molecule has 80 valence electrons. The molecule has 2 fully saturated rings. The van der Waals surface area contributed by atoms with Gasteiger partial charge in [-0.25, -0.2) is 0 Å². The number of fused-ring (bicyclic) bond motifs is 4. The molecule has 0 radical (unpaired) electrons. The lowest BCUT2D eigenvalue weighted by molar-refractivity contribution is 0.301. The molecule has 4 unspecified atom stereocenters. The molecule has 15 heavy (non-hydrogen) atoms. The van der Waals surface area contributed by atoms with Gasteiger partial charge in [-0.05, 0) is 23.6 Å². The van der Waals surface area contributed by atoms with Gasteiger partial charge in [-0.3, -0.25) is 0 Å². The lowest BCUT2D eigenvalue weighted by Gasteiger charge is -2.37. The molecule has 2 heterocycles. The Bertz CT molecular complexity index is 330. The second-order valence-corrected chi connectivity index (χ2v) is 6.64. The van der Waals surface area contributed by atoms with E-state index in [2.05, 4.69) is 38.2 Å². The van der Waals surface area contributed by atoms with Crippen molar-refractivity contribution in [3.05, 3.63) is 24.3 Å². The van der Waals surface area contributed by atoms with Crippen molar-refractivity contribution in [2.24, 2.45) is 11.8 Å². The second-order valence-electron chi connectivity index (χ2n) is 6.64. The summed E-state index contributed by atoms with van der Waals surface area (Å²) in [6.45, 7) is 5.05. The first-order chi connectivity index (χ1) is 7.11. The molecular weight excluding hydrogens is 179 g/mol. The fourth-order valence-electron chi connectivity index (χ4n) is 4.43. The van der Waals surface area contributed by atoms with E-state index < -0.39 is 0 Å². The van der Waals surface area contributed by atoms with Crippen LogP contribution in [0.3, 0.4) is 0 Å². The highest BCUT2D eigenvalue weighted by atomic mass is 14.5. The third-order valence-electron chi connectivity index (χ3n) is 5.27. The van der Waals surface area contributed by atoms with Gasteiger partial charge >= 0.3 is 0 Å². The Morgan fingerprint density at radius 2 is 1.87 bits per heavy atom. The molecule has 2 bridgehead atoms. The van der Waals surface area contributed by atoms with Crippen LogP contribution in [0.1, 0.15) is 39.5 Å². The second kappa shape index (κ2) is 3.03. The molecule has 1 heteroatoms. The Morgan fingerprint density at radius 1 is 1.07 bits per heavy atom. The summed E-state index contributed by atoms with van der Waals surface area (Å²) in [7, 11) is 1.46. The number of allylic oxidation sites excluding steroid dienone is 4. The summed E-state index contributed by atoms with van der Waals surface area (Å²) in [6.07, 6.45) is 15.2. The Kier molecular flexibility index (Phi) is 1.97. The lowest BCUT2D eigenvalue weighted by atomic mass is 9.42. The topological polar surface area (TPSA) is 0 Å². The fraction of sp³-hybridized carbons (Fsp3) is 0.714. The van der Waals surface area contributed by atoms with Gasteiger partial charge in [0.1, 0.15) is 7.28 Å². The van der Waals surface area contributed by atoms with E-state index in [1.54, 1.807) is 0 Å². The third kappa shape index (κ3) is 1.43. The highest BCUT2D eigenvalue weighted by molar-refractivity contribution is 6.45. The summed E-state index contributed by atoms with van der Waals surface area (Å²) in [4.78, 5) is 0. The lowest BCUT2D eigenvalue weighted by Crippen LogP contribution is -2.27. The predicted molar refractivity (Wildman–Crippen MR) is 67.6 cm³/mol. The van der Waals surface area contributed by atoms with Crippen LogP contribution in [0.15, 0.2) is 24.3 Å². The van der Waals surface area contributed by atoms with E-state index in [0.29, 0.717) is 10.6 Å². The molecule has 0 aromatic carbocycles. The Hall–Kier alpha value is -0.455. The molecule has 2 saturated heterocycles. The van der Waals surface area contributed by atoms with E-state index in [4.69, 9.17) is 0 Å². The summed E-state index contributed by atoms with van der Waals surface area (Å²) in [5.41, 5.74) is 0. The van der Waals surface area contributed by atoms with Crippen molar-refractivity contribution >= 4 is 7.28 Å². The zero-order chi connectivity index (χ0) is 10.5. The Balaban J connectivity index is 1.98. The largest absolute Gasteiger partial charge is 0.135 e. The van der Waals surface area contributed by atoms with Crippen LogP contribution in [0.5, 0.6) is 0 Å². The van der Waals surface area contributed by atoms with Crippen LogP contribution >= 0.6 is 0 Å². The SMILES string of the molecule is CC12BC(C)(CC1)C1C=CC=CC1CC2. The van der Waals surface area contributed by atoms with Crippen molar-refractivity contribution in [1.82, 2.24) is 0 Å². The van der Waals surface area contributed by atoms with E-state index in [-0.39, 0.29) is 0 Å². The van der Waals surface area contributed by atoms with Crippen LogP contribution in [-0.2, 0) is 0 Å². The minimum absolute atomic E-state index is 0.594. The van der Waals surface area contributed by atoms with Crippen molar-refractivity contribution in [2.45, 2.75) is 50.2 Å². The summed E-state index contributed by atoms with van der Waals surface area (Å²) in [6, 6.07) is 0. The summed E-state index contributed by atoms with van der Waals surface area (Å²) >= 11 is 0. The number of hydrogen-bond donors (Lipinski definition) is 0.